The summed E-state index contributed by atoms with van der Waals surface area (Å²) in [4.78, 5) is 0. The maximum atomic E-state index is 13.6. The number of para-hydroxylation sites is 1. The number of rotatable bonds is 4. The highest BCUT2D eigenvalue weighted by atomic mass is 19.2. The molecule has 0 amide bonds. The van der Waals surface area contributed by atoms with Crippen LogP contribution in [0.25, 0.3) is 0 Å². The van der Waals surface area contributed by atoms with Crippen LogP contribution < -0.4 is 4.74 Å². The summed E-state index contributed by atoms with van der Waals surface area (Å²) in [7, 11) is 0. The second-order valence-electron chi connectivity index (χ2n) is 3.91. The second-order valence-corrected chi connectivity index (χ2v) is 3.91. The average Bonchev–Trinajstić information content (AvgIpc) is 2.43. The molecule has 0 spiro atoms. The minimum absolute atomic E-state index is 0.0182. The molecule has 98 valence electrons. The largest absolute Gasteiger partial charge is 0.454 e. The van der Waals surface area contributed by atoms with Crippen molar-refractivity contribution in [2.24, 2.45) is 0 Å². The number of hydrogen-bond acceptors (Lipinski definition) is 1. The van der Waals surface area contributed by atoms with Crippen LogP contribution in [0.15, 0.2) is 60.7 Å². The maximum absolute atomic E-state index is 13.6. The van der Waals surface area contributed by atoms with Crippen molar-refractivity contribution in [3.63, 3.8) is 0 Å². The van der Waals surface area contributed by atoms with Gasteiger partial charge in [0.15, 0.2) is 11.6 Å². The van der Waals surface area contributed by atoms with Crippen molar-refractivity contribution in [2.75, 3.05) is 0 Å². The van der Waals surface area contributed by atoms with Gasteiger partial charge in [-0.05, 0) is 29.8 Å². The van der Waals surface area contributed by atoms with Gasteiger partial charge in [-0.2, -0.15) is 0 Å². The fraction of sp³-hybridized carbons (Fsp3) is 0.0667. The quantitative estimate of drug-likeness (QED) is 0.759. The van der Waals surface area contributed by atoms with Gasteiger partial charge in [-0.25, -0.2) is 13.2 Å². The molecule has 2 aromatic carbocycles. The molecule has 2 rings (SSSR count). The summed E-state index contributed by atoms with van der Waals surface area (Å²) in [5.41, 5.74) is 0.429. The van der Waals surface area contributed by atoms with Crippen molar-refractivity contribution in [2.45, 2.75) is 6.42 Å². The van der Waals surface area contributed by atoms with Gasteiger partial charge in [0.25, 0.3) is 0 Å². The molecule has 0 bridgehead atoms. The van der Waals surface area contributed by atoms with E-state index in [4.69, 9.17) is 4.74 Å². The summed E-state index contributed by atoms with van der Waals surface area (Å²) in [6, 6.07) is 12.6. The van der Waals surface area contributed by atoms with Crippen LogP contribution in [-0.2, 0) is 6.42 Å². The van der Waals surface area contributed by atoms with Crippen LogP contribution in [0.2, 0.25) is 0 Å². The number of ether oxygens (including phenoxy) is 1. The van der Waals surface area contributed by atoms with Gasteiger partial charge < -0.3 is 4.74 Å². The van der Waals surface area contributed by atoms with E-state index >= 15 is 0 Å². The van der Waals surface area contributed by atoms with E-state index in [2.05, 4.69) is 0 Å². The van der Waals surface area contributed by atoms with Crippen LogP contribution >= 0.6 is 0 Å². The lowest BCUT2D eigenvalue weighted by Gasteiger charge is -2.08. The standard InChI is InChI=1S/C15H11F3O/c16-10-12(17)8-11-6-7-14(18)15(9-11)19-13-4-2-1-3-5-13/h1-7,9-10H,8H2/b12-10+. The third kappa shape index (κ3) is 3.61. The predicted octanol–water partition coefficient (Wildman–Crippen LogP) is 4.94. The molecule has 4 heteroatoms. The Kier molecular flexibility index (Phi) is 4.23. The van der Waals surface area contributed by atoms with Crippen molar-refractivity contribution < 1.29 is 17.9 Å². The Labute approximate surface area is 109 Å². The van der Waals surface area contributed by atoms with Crippen molar-refractivity contribution in [3.8, 4) is 11.5 Å². The van der Waals surface area contributed by atoms with E-state index in [-0.39, 0.29) is 18.5 Å². The Morgan fingerprint density at radius 1 is 1.11 bits per heavy atom. The zero-order valence-corrected chi connectivity index (χ0v) is 9.95. The summed E-state index contributed by atoms with van der Waals surface area (Å²) in [6.07, 6.45) is -0.344. The lowest BCUT2D eigenvalue weighted by Crippen LogP contribution is -1.92. The van der Waals surface area contributed by atoms with Gasteiger partial charge in [0.1, 0.15) is 17.9 Å². The van der Waals surface area contributed by atoms with E-state index in [1.807, 2.05) is 0 Å². The molecule has 0 saturated heterocycles. The molecule has 19 heavy (non-hydrogen) atoms. The van der Waals surface area contributed by atoms with Crippen LogP contribution in [0, 0.1) is 5.82 Å². The normalized spacial score (nSPS) is 11.4. The van der Waals surface area contributed by atoms with Crippen LogP contribution in [0.3, 0.4) is 0 Å². The molecule has 2 aromatic rings. The van der Waals surface area contributed by atoms with Gasteiger partial charge in [-0.15, -0.1) is 0 Å². The minimum atomic E-state index is -0.919. The Bertz CT molecular complexity index is 579. The molecule has 0 saturated carbocycles. The fourth-order valence-electron chi connectivity index (χ4n) is 1.59. The number of halogens is 3. The van der Waals surface area contributed by atoms with Gasteiger partial charge in [-0.3, -0.25) is 0 Å². The molecular weight excluding hydrogens is 253 g/mol. The fourth-order valence-corrected chi connectivity index (χ4v) is 1.59. The SMILES string of the molecule is F/C=C(/F)Cc1ccc(F)c(Oc2ccccc2)c1. The Hall–Kier alpha value is -2.23. The van der Waals surface area contributed by atoms with Crippen LogP contribution in [0.1, 0.15) is 5.56 Å². The molecule has 0 fully saturated rings. The molecule has 1 nitrogen and oxygen atoms in total. The van der Waals surface area contributed by atoms with E-state index in [0.717, 1.165) is 0 Å². The average molecular weight is 264 g/mol. The van der Waals surface area contributed by atoms with Crippen molar-refractivity contribution in [3.05, 3.63) is 72.1 Å². The van der Waals surface area contributed by atoms with E-state index in [0.29, 0.717) is 11.3 Å². The predicted molar refractivity (Wildman–Crippen MR) is 66.9 cm³/mol. The van der Waals surface area contributed by atoms with E-state index in [1.54, 1.807) is 30.3 Å². The molecule has 0 unspecified atom stereocenters. The first kappa shape index (κ1) is 13.2. The highest BCUT2D eigenvalue weighted by Gasteiger charge is 2.07. The van der Waals surface area contributed by atoms with Crippen LogP contribution in [0.5, 0.6) is 11.5 Å². The number of hydrogen-bond donors (Lipinski definition) is 0. The first-order valence-corrected chi connectivity index (χ1v) is 5.65. The van der Waals surface area contributed by atoms with Crippen molar-refractivity contribution in [1.29, 1.82) is 0 Å². The first-order chi connectivity index (χ1) is 9.19. The van der Waals surface area contributed by atoms with Crippen LogP contribution in [0.4, 0.5) is 13.2 Å². The second kappa shape index (κ2) is 6.09. The number of benzene rings is 2. The molecule has 0 atom stereocenters. The highest BCUT2D eigenvalue weighted by molar-refractivity contribution is 5.36. The summed E-state index contributed by atoms with van der Waals surface area (Å²) in [5, 5.41) is 0. The Morgan fingerprint density at radius 3 is 2.53 bits per heavy atom. The van der Waals surface area contributed by atoms with Gasteiger partial charge in [-0.1, -0.05) is 24.3 Å². The van der Waals surface area contributed by atoms with E-state index < -0.39 is 11.6 Å². The summed E-state index contributed by atoms with van der Waals surface area (Å²) in [6.45, 7) is 0. The van der Waals surface area contributed by atoms with Gasteiger partial charge in [0, 0.05) is 6.42 Å². The summed E-state index contributed by atoms with van der Waals surface area (Å²) >= 11 is 0. The van der Waals surface area contributed by atoms with Crippen molar-refractivity contribution >= 4 is 0 Å². The van der Waals surface area contributed by atoms with Crippen molar-refractivity contribution in [1.82, 2.24) is 0 Å². The molecular formula is C15H11F3O. The zero-order valence-electron chi connectivity index (χ0n) is 9.95. The Morgan fingerprint density at radius 2 is 1.84 bits per heavy atom. The molecule has 0 radical (unpaired) electrons. The first-order valence-electron chi connectivity index (χ1n) is 5.65. The van der Waals surface area contributed by atoms with E-state index in [9.17, 15) is 13.2 Å². The smallest absolute Gasteiger partial charge is 0.165 e. The molecule has 0 aliphatic carbocycles. The lowest BCUT2D eigenvalue weighted by atomic mass is 10.1. The maximum Gasteiger partial charge on any atom is 0.165 e. The van der Waals surface area contributed by atoms with E-state index in [1.165, 1.54) is 18.2 Å². The molecule has 0 N–H and O–H groups in total. The molecule has 0 aliphatic rings. The topological polar surface area (TPSA) is 9.23 Å². The monoisotopic (exact) mass is 264 g/mol. The van der Waals surface area contributed by atoms with Gasteiger partial charge >= 0.3 is 0 Å². The Balaban J connectivity index is 2.22. The molecule has 0 aliphatic heterocycles. The highest BCUT2D eigenvalue weighted by Crippen LogP contribution is 2.26. The van der Waals surface area contributed by atoms with Gasteiger partial charge in [0.2, 0.25) is 0 Å². The van der Waals surface area contributed by atoms with Gasteiger partial charge in [0.05, 0.1) is 0 Å². The summed E-state index contributed by atoms with van der Waals surface area (Å²) in [5.74, 6) is -1.02. The third-order valence-corrected chi connectivity index (χ3v) is 2.46. The number of allylic oxidation sites excluding steroid dienone is 1. The third-order valence-electron chi connectivity index (χ3n) is 2.46. The summed E-state index contributed by atoms with van der Waals surface area (Å²) < 4.78 is 43.7. The zero-order chi connectivity index (χ0) is 13.7. The molecule has 0 aromatic heterocycles. The molecule has 0 heterocycles. The van der Waals surface area contributed by atoms with Crippen LogP contribution in [-0.4, -0.2) is 0 Å². The minimum Gasteiger partial charge on any atom is -0.454 e. The lowest BCUT2D eigenvalue weighted by molar-refractivity contribution is 0.441.